The molecule has 0 unspecified atom stereocenters. The zero-order valence-corrected chi connectivity index (χ0v) is 15.4. The van der Waals surface area contributed by atoms with Crippen LogP contribution in [0.5, 0.6) is 5.75 Å². The molecule has 5 heteroatoms. The first-order valence-corrected chi connectivity index (χ1v) is 8.85. The normalized spacial score (nSPS) is 10.4. The van der Waals surface area contributed by atoms with E-state index in [4.69, 9.17) is 4.74 Å². The van der Waals surface area contributed by atoms with E-state index in [1.807, 2.05) is 55.5 Å². The Morgan fingerprint density at radius 2 is 1.63 bits per heavy atom. The van der Waals surface area contributed by atoms with Crippen molar-refractivity contribution in [2.24, 2.45) is 0 Å². The molecule has 0 radical (unpaired) electrons. The molecule has 138 valence electrons. The molecule has 3 aromatic rings. The average Bonchev–Trinajstić information content (AvgIpc) is 2.71. The maximum Gasteiger partial charge on any atom is 0.252 e. The Kier molecular flexibility index (Phi) is 5.71. The molecule has 0 aliphatic carbocycles. The summed E-state index contributed by atoms with van der Waals surface area (Å²) in [4.78, 5) is 24.8. The molecule has 3 aromatic carbocycles. The fourth-order valence-corrected chi connectivity index (χ4v) is 3.05. The van der Waals surface area contributed by atoms with Crippen LogP contribution in [0.1, 0.15) is 22.8 Å². The van der Waals surface area contributed by atoms with E-state index in [1.165, 1.54) is 0 Å². The first-order chi connectivity index (χ1) is 13.1. The Bertz CT molecular complexity index is 982. The van der Waals surface area contributed by atoms with E-state index < -0.39 is 0 Å². The lowest BCUT2D eigenvalue weighted by molar-refractivity contribution is -0.115. The summed E-state index contributed by atoms with van der Waals surface area (Å²) < 4.78 is 5.35. The van der Waals surface area contributed by atoms with E-state index in [0.29, 0.717) is 11.3 Å². The highest BCUT2D eigenvalue weighted by Crippen LogP contribution is 2.28. The number of methoxy groups -OCH3 is 1. The second-order valence-corrected chi connectivity index (χ2v) is 6.10. The highest BCUT2D eigenvalue weighted by atomic mass is 16.5. The van der Waals surface area contributed by atoms with Crippen LogP contribution >= 0.6 is 0 Å². The molecule has 3 rings (SSSR count). The van der Waals surface area contributed by atoms with Gasteiger partial charge in [0.05, 0.1) is 13.7 Å². The molecule has 0 fully saturated rings. The van der Waals surface area contributed by atoms with Gasteiger partial charge in [-0.05, 0) is 35.6 Å². The van der Waals surface area contributed by atoms with Crippen LogP contribution in [-0.2, 0) is 11.2 Å². The van der Waals surface area contributed by atoms with Gasteiger partial charge >= 0.3 is 0 Å². The van der Waals surface area contributed by atoms with Crippen molar-refractivity contribution in [2.45, 2.75) is 13.3 Å². The largest absolute Gasteiger partial charge is 0.496 e. The van der Waals surface area contributed by atoms with Crippen molar-refractivity contribution in [2.75, 3.05) is 19.0 Å². The minimum Gasteiger partial charge on any atom is -0.496 e. The fourth-order valence-electron chi connectivity index (χ4n) is 3.05. The molecule has 2 amide bonds. The van der Waals surface area contributed by atoms with Gasteiger partial charge in [-0.25, -0.2) is 0 Å². The number of hydrogen-bond acceptors (Lipinski definition) is 3. The summed E-state index contributed by atoms with van der Waals surface area (Å²) in [7, 11) is 1.60. The highest BCUT2D eigenvalue weighted by molar-refractivity contribution is 6.09. The summed E-state index contributed by atoms with van der Waals surface area (Å²) in [6.45, 7) is 1.93. The van der Waals surface area contributed by atoms with Crippen LogP contribution in [0.25, 0.3) is 10.8 Å². The van der Waals surface area contributed by atoms with Crippen molar-refractivity contribution in [3.05, 3.63) is 71.8 Å². The first kappa shape index (κ1) is 18.5. The van der Waals surface area contributed by atoms with E-state index in [9.17, 15) is 9.59 Å². The molecule has 0 aliphatic heterocycles. The lowest BCUT2D eigenvalue weighted by atomic mass is 10.0. The molecule has 0 saturated carbocycles. The third kappa shape index (κ3) is 4.08. The van der Waals surface area contributed by atoms with Gasteiger partial charge in [-0.1, -0.05) is 49.4 Å². The van der Waals surface area contributed by atoms with Crippen molar-refractivity contribution in [3.63, 3.8) is 0 Å². The molecule has 0 heterocycles. The number of hydrogen-bond donors (Lipinski definition) is 2. The van der Waals surface area contributed by atoms with Crippen molar-refractivity contribution < 1.29 is 14.3 Å². The summed E-state index contributed by atoms with van der Waals surface area (Å²) in [5.41, 5.74) is 2.33. The zero-order valence-electron chi connectivity index (χ0n) is 15.4. The van der Waals surface area contributed by atoms with Crippen LogP contribution in [0.15, 0.2) is 60.7 Å². The van der Waals surface area contributed by atoms with Crippen molar-refractivity contribution in [1.82, 2.24) is 5.32 Å². The Morgan fingerprint density at radius 1 is 0.926 bits per heavy atom. The quantitative estimate of drug-likeness (QED) is 0.701. The van der Waals surface area contributed by atoms with Crippen LogP contribution in [-0.4, -0.2) is 25.5 Å². The highest BCUT2D eigenvalue weighted by Gasteiger charge is 2.14. The molecule has 0 spiro atoms. The van der Waals surface area contributed by atoms with Gasteiger partial charge in [-0.2, -0.15) is 0 Å². The number of ether oxygens (including phenoxy) is 1. The number of para-hydroxylation sites is 1. The Labute approximate surface area is 158 Å². The smallest absolute Gasteiger partial charge is 0.252 e. The van der Waals surface area contributed by atoms with Gasteiger partial charge < -0.3 is 15.4 Å². The summed E-state index contributed by atoms with van der Waals surface area (Å²) in [5, 5.41) is 7.18. The van der Waals surface area contributed by atoms with Crippen LogP contribution in [0, 0.1) is 0 Å². The molecule has 5 nitrogen and oxygen atoms in total. The number of carbonyl (C=O) groups excluding carboxylic acids is 2. The van der Waals surface area contributed by atoms with Crippen LogP contribution in [0.2, 0.25) is 0 Å². The lowest BCUT2D eigenvalue weighted by Crippen LogP contribution is -2.33. The Hall–Kier alpha value is -3.34. The molecule has 0 aromatic heterocycles. The van der Waals surface area contributed by atoms with Crippen LogP contribution in [0.4, 0.5) is 5.69 Å². The number of fused-ring (bicyclic) bond motifs is 1. The van der Waals surface area contributed by atoms with E-state index >= 15 is 0 Å². The number of amides is 2. The Balaban J connectivity index is 1.71. The van der Waals surface area contributed by atoms with Gasteiger partial charge in [0.2, 0.25) is 5.91 Å². The molecule has 0 aliphatic rings. The molecule has 2 N–H and O–H groups in total. The minimum absolute atomic E-state index is 0.1000. The molecule has 0 atom stereocenters. The SMILES string of the molecule is CCc1ccccc1NC(=O)CNC(=O)c1ccc(OC)c2ccccc12. The van der Waals surface area contributed by atoms with E-state index in [2.05, 4.69) is 10.6 Å². The van der Waals surface area contributed by atoms with E-state index in [0.717, 1.165) is 28.4 Å². The summed E-state index contributed by atoms with van der Waals surface area (Å²) in [6.07, 6.45) is 0.820. The molecular formula is C22H22N2O3. The number of carbonyl (C=O) groups is 2. The number of nitrogens with one attached hydrogen (secondary N) is 2. The summed E-state index contributed by atoms with van der Waals surface area (Å²) >= 11 is 0. The average molecular weight is 362 g/mol. The summed E-state index contributed by atoms with van der Waals surface area (Å²) in [5.74, 6) is 0.144. The van der Waals surface area contributed by atoms with Gasteiger partial charge in [0.1, 0.15) is 5.75 Å². The van der Waals surface area contributed by atoms with E-state index in [1.54, 1.807) is 19.2 Å². The predicted octanol–water partition coefficient (Wildman–Crippen LogP) is 3.78. The number of rotatable bonds is 6. The zero-order chi connectivity index (χ0) is 19.2. The summed E-state index contributed by atoms with van der Waals surface area (Å²) in [6, 6.07) is 18.6. The van der Waals surface area contributed by atoms with Gasteiger partial charge in [0, 0.05) is 16.6 Å². The second kappa shape index (κ2) is 8.36. The van der Waals surface area contributed by atoms with Gasteiger partial charge in [-0.3, -0.25) is 9.59 Å². The second-order valence-electron chi connectivity index (χ2n) is 6.10. The third-order valence-electron chi connectivity index (χ3n) is 4.43. The van der Waals surface area contributed by atoms with Crippen molar-refractivity contribution in [1.29, 1.82) is 0 Å². The van der Waals surface area contributed by atoms with Crippen LogP contribution in [0.3, 0.4) is 0 Å². The van der Waals surface area contributed by atoms with Crippen molar-refractivity contribution >= 4 is 28.3 Å². The number of benzene rings is 3. The monoisotopic (exact) mass is 362 g/mol. The predicted molar refractivity (Wildman–Crippen MR) is 107 cm³/mol. The van der Waals surface area contributed by atoms with Gasteiger partial charge in [0.15, 0.2) is 0 Å². The maximum atomic E-state index is 12.6. The first-order valence-electron chi connectivity index (χ1n) is 8.85. The number of aryl methyl sites for hydroxylation is 1. The van der Waals surface area contributed by atoms with Gasteiger partial charge in [-0.15, -0.1) is 0 Å². The van der Waals surface area contributed by atoms with E-state index in [-0.39, 0.29) is 18.4 Å². The lowest BCUT2D eigenvalue weighted by Gasteiger charge is -2.12. The molecule has 0 bridgehead atoms. The fraction of sp³-hybridized carbons (Fsp3) is 0.182. The topological polar surface area (TPSA) is 67.4 Å². The number of anilines is 1. The maximum absolute atomic E-state index is 12.6. The van der Waals surface area contributed by atoms with Gasteiger partial charge in [0.25, 0.3) is 5.91 Å². The molecule has 0 saturated heterocycles. The Morgan fingerprint density at radius 3 is 2.37 bits per heavy atom. The minimum atomic E-state index is -0.298. The third-order valence-corrected chi connectivity index (χ3v) is 4.43. The van der Waals surface area contributed by atoms with Crippen LogP contribution < -0.4 is 15.4 Å². The van der Waals surface area contributed by atoms with Crippen molar-refractivity contribution in [3.8, 4) is 5.75 Å². The molecule has 27 heavy (non-hydrogen) atoms. The molecular weight excluding hydrogens is 340 g/mol. The standard InChI is InChI=1S/C22H22N2O3/c1-3-15-8-4-7-11-19(15)24-21(25)14-23-22(26)18-12-13-20(27-2)17-10-6-5-9-16(17)18/h4-13H,3,14H2,1-2H3,(H,23,26)(H,24,25).